The van der Waals surface area contributed by atoms with Crippen molar-refractivity contribution in [1.29, 1.82) is 0 Å². The van der Waals surface area contributed by atoms with Crippen molar-refractivity contribution in [2.45, 2.75) is 48.8 Å². The van der Waals surface area contributed by atoms with E-state index in [1.54, 1.807) is 18.3 Å². The van der Waals surface area contributed by atoms with Crippen molar-refractivity contribution < 1.29 is 13.5 Å². The highest BCUT2D eigenvalue weighted by Gasteiger charge is 2.44. The van der Waals surface area contributed by atoms with Crippen LogP contribution in [0.25, 0.3) is 11.0 Å². The molecule has 1 fully saturated rings. The number of hydrogen-bond donors (Lipinski definition) is 4. The Kier molecular flexibility index (Phi) is 4.54. The van der Waals surface area contributed by atoms with Crippen LogP contribution in [-0.2, 0) is 15.6 Å². The minimum absolute atomic E-state index is 0.0364. The summed E-state index contributed by atoms with van der Waals surface area (Å²) in [7, 11) is -3.75. The fourth-order valence-corrected chi connectivity index (χ4v) is 5.26. The van der Waals surface area contributed by atoms with Gasteiger partial charge in [0.15, 0.2) is 6.23 Å². The van der Waals surface area contributed by atoms with Crippen LogP contribution < -0.4 is 15.8 Å². The Bertz CT molecular complexity index is 1280. The van der Waals surface area contributed by atoms with E-state index in [-0.39, 0.29) is 10.4 Å². The average Bonchev–Trinajstić information content (AvgIpc) is 3.13. The number of benzene rings is 1. The van der Waals surface area contributed by atoms with Gasteiger partial charge in [0, 0.05) is 23.0 Å². The van der Waals surface area contributed by atoms with Gasteiger partial charge in [-0.2, -0.15) is 4.98 Å². The molecule has 10 heteroatoms. The van der Waals surface area contributed by atoms with Crippen LogP contribution in [0.2, 0.25) is 0 Å². The van der Waals surface area contributed by atoms with Crippen LogP contribution >= 0.6 is 0 Å². The minimum atomic E-state index is -3.75. The second-order valence-corrected chi connectivity index (χ2v) is 9.75. The molecular formula is C21H24N6O3S. The van der Waals surface area contributed by atoms with Gasteiger partial charge in [0.2, 0.25) is 16.0 Å². The molecule has 2 aliphatic rings. The van der Waals surface area contributed by atoms with Crippen LogP contribution in [0, 0.1) is 0 Å². The second kappa shape index (κ2) is 7.04. The summed E-state index contributed by atoms with van der Waals surface area (Å²) in [6.45, 7) is 4.23. The van der Waals surface area contributed by atoms with Gasteiger partial charge in [-0.1, -0.05) is 25.8 Å². The Morgan fingerprint density at radius 1 is 1.23 bits per heavy atom. The summed E-state index contributed by atoms with van der Waals surface area (Å²) >= 11 is 0. The summed E-state index contributed by atoms with van der Waals surface area (Å²) < 4.78 is 25.0. The molecule has 1 aromatic carbocycles. The van der Waals surface area contributed by atoms with Gasteiger partial charge in [0.05, 0.1) is 16.1 Å². The number of hydrogen-bond acceptors (Lipinski definition) is 7. The number of nitrogens with one attached hydrogen (secondary N) is 2. The number of aliphatic hydroxyl groups excluding tert-OH is 1. The fraction of sp³-hybridized carbons (Fsp3) is 0.333. The lowest BCUT2D eigenvalue weighted by Crippen LogP contribution is -2.49. The number of primary sulfonamides is 1. The van der Waals surface area contributed by atoms with E-state index in [9.17, 15) is 13.5 Å². The van der Waals surface area contributed by atoms with Gasteiger partial charge in [-0.15, -0.1) is 0 Å². The average molecular weight is 441 g/mol. The number of nitrogens with two attached hydrogens (primary N) is 1. The largest absolute Gasteiger partial charge is 0.368 e. The first-order chi connectivity index (χ1) is 14.8. The Morgan fingerprint density at radius 3 is 2.61 bits per heavy atom. The molecule has 1 spiro atoms. The molecule has 0 amide bonds. The maximum atomic E-state index is 11.5. The molecule has 5 rings (SSSR count). The predicted octanol–water partition coefficient (Wildman–Crippen LogP) is 2.59. The highest BCUT2D eigenvalue weighted by Crippen LogP contribution is 2.46. The number of rotatable bonds is 3. The van der Waals surface area contributed by atoms with E-state index in [4.69, 9.17) is 10.1 Å². The molecule has 0 bridgehead atoms. The molecule has 162 valence electrons. The first-order valence-electron chi connectivity index (χ1n) is 10.2. The maximum Gasteiger partial charge on any atom is 0.238 e. The Labute approximate surface area is 180 Å². The number of anilines is 2. The van der Waals surface area contributed by atoms with Crippen molar-refractivity contribution in [3.8, 4) is 0 Å². The third-order valence-corrected chi connectivity index (χ3v) is 7.20. The standard InChI is InChI=1S/C21H24N6O3S/c1-13-21(9-3-2-4-10-21)27-17(19(28)24-13)11-14-12-23-20(26-18(14)27)25-15-5-7-16(8-6-15)31(22,29)30/h5-8,11-12,19,24,28H,1-4,9-10H2,(H2,22,29,30)(H,23,25,26). The monoisotopic (exact) mass is 440 g/mol. The van der Waals surface area contributed by atoms with E-state index in [0.29, 0.717) is 11.6 Å². The van der Waals surface area contributed by atoms with Crippen LogP contribution in [0.1, 0.15) is 44.0 Å². The zero-order chi connectivity index (χ0) is 21.8. The zero-order valence-corrected chi connectivity index (χ0v) is 17.7. The molecule has 2 aromatic heterocycles. The quantitative estimate of drug-likeness (QED) is 0.491. The predicted molar refractivity (Wildman–Crippen MR) is 117 cm³/mol. The summed E-state index contributed by atoms with van der Waals surface area (Å²) in [4.78, 5) is 9.18. The molecule has 5 N–H and O–H groups in total. The fourth-order valence-electron chi connectivity index (χ4n) is 4.75. The second-order valence-electron chi connectivity index (χ2n) is 8.19. The Hall–Kier alpha value is -2.95. The number of allylic oxidation sites excluding steroid dienone is 1. The van der Waals surface area contributed by atoms with E-state index < -0.39 is 16.3 Å². The molecule has 31 heavy (non-hydrogen) atoms. The van der Waals surface area contributed by atoms with Gasteiger partial charge in [0.25, 0.3) is 0 Å². The first-order valence-corrected chi connectivity index (χ1v) is 11.8. The number of aromatic nitrogens is 3. The topological polar surface area (TPSA) is 135 Å². The first kappa shape index (κ1) is 20.0. The van der Waals surface area contributed by atoms with E-state index in [1.807, 2.05) is 6.07 Å². The molecule has 0 saturated heterocycles. The molecular weight excluding hydrogens is 416 g/mol. The third-order valence-electron chi connectivity index (χ3n) is 6.27. The van der Waals surface area contributed by atoms with E-state index in [2.05, 4.69) is 26.8 Å². The highest BCUT2D eigenvalue weighted by atomic mass is 32.2. The van der Waals surface area contributed by atoms with Gasteiger partial charge in [0.1, 0.15) is 5.65 Å². The summed E-state index contributed by atoms with van der Waals surface area (Å²) in [6, 6.07) is 8.00. The molecule has 1 aliphatic carbocycles. The van der Waals surface area contributed by atoms with Crippen molar-refractivity contribution in [3.05, 3.63) is 54.5 Å². The third kappa shape index (κ3) is 3.27. The van der Waals surface area contributed by atoms with Crippen molar-refractivity contribution >= 4 is 32.7 Å². The van der Waals surface area contributed by atoms with E-state index in [0.717, 1.165) is 48.1 Å². The van der Waals surface area contributed by atoms with E-state index >= 15 is 0 Å². The smallest absolute Gasteiger partial charge is 0.238 e. The summed E-state index contributed by atoms with van der Waals surface area (Å²) in [5.74, 6) is 0.376. The van der Waals surface area contributed by atoms with Crippen LogP contribution in [-0.4, -0.2) is 28.1 Å². The lowest BCUT2D eigenvalue weighted by molar-refractivity contribution is 0.0876. The molecule has 3 aromatic rings. The van der Waals surface area contributed by atoms with Crippen LogP contribution in [0.3, 0.4) is 0 Å². The number of fused-ring (bicyclic) bond motifs is 4. The SMILES string of the molecule is C=C1NC(O)c2cc3cnc(Nc4ccc(S(N)(=O)=O)cc4)nc3n2C12CCCCC2. The lowest BCUT2D eigenvalue weighted by Gasteiger charge is -2.46. The zero-order valence-electron chi connectivity index (χ0n) is 16.9. The number of nitrogens with zero attached hydrogens (tertiary/aromatic N) is 3. The van der Waals surface area contributed by atoms with Crippen molar-refractivity contribution in [1.82, 2.24) is 19.9 Å². The lowest BCUT2D eigenvalue weighted by atomic mass is 9.78. The van der Waals surface area contributed by atoms with Crippen LogP contribution in [0.4, 0.5) is 11.6 Å². The summed E-state index contributed by atoms with van der Waals surface area (Å²) in [5, 5.41) is 22.9. The van der Waals surface area contributed by atoms with Gasteiger partial charge in [-0.3, -0.25) is 0 Å². The van der Waals surface area contributed by atoms with Gasteiger partial charge < -0.3 is 20.3 Å². The Morgan fingerprint density at radius 2 is 1.94 bits per heavy atom. The normalized spacial score (nSPS) is 20.5. The van der Waals surface area contributed by atoms with Gasteiger partial charge in [-0.05, 0) is 43.2 Å². The van der Waals surface area contributed by atoms with Crippen molar-refractivity contribution in [3.63, 3.8) is 0 Å². The van der Waals surface area contributed by atoms with Crippen molar-refractivity contribution in [2.75, 3.05) is 5.32 Å². The van der Waals surface area contributed by atoms with Crippen LogP contribution in [0.15, 0.2) is 53.7 Å². The maximum absolute atomic E-state index is 11.5. The van der Waals surface area contributed by atoms with Crippen molar-refractivity contribution in [2.24, 2.45) is 5.14 Å². The van der Waals surface area contributed by atoms with Crippen LogP contribution in [0.5, 0.6) is 0 Å². The Balaban J connectivity index is 1.57. The van der Waals surface area contributed by atoms with Gasteiger partial charge in [-0.25, -0.2) is 18.5 Å². The number of aliphatic hydroxyl groups is 1. The molecule has 0 radical (unpaired) electrons. The molecule has 1 unspecified atom stereocenters. The van der Waals surface area contributed by atoms with Gasteiger partial charge >= 0.3 is 0 Å². The minimum Gasteiger partial charge on any atom is -0.368 e. The van der Waals surface area contributed by atoms with E-state index in [1.165, 1.54) is 18.6 Å². The molecule has 9 nitrogen and oxygen atoms in total. The molecule has 3 heterocycles. The number of sulfonamides is 1. The summed E-state index contributed by atoms with van der Waals surface area (Å²) in [6.07, 6.45) is 6.10. The molecule has 1 aliphatic heterocycles. The molecule has 1 saturated carbocycles. The summed E-state index contributed by atoms with van der Waals surface area (Å²) in [5.41, 5.74) is 2.62. The highest BCUT2D eigenvalue weighted by molar-refractivity contribution is 7.89. The molecule has 1 atom stereocenters.